The Labute approximate surface area is 210 Å². The summed E-state index contributed by atoms with van der Waals surface area (Å²) in [5.41, 5.74) is 2.17. The van der Waals surface area contributed by atoms with E-state index < -0.39 is 6.04 Å². The number of aryl methyl sites for hydroxylation is 1. The van der Waals surface area contributed by atoms with E-state index in [9.17, 15) is 9.59 Å². The predicted molar refractivity (Wildman–Crippen MR) is 141 cm³/mol. The second kappa shape index (κ2) is 11.7. The van der Waals surface area contributed by atoms with Crippen LogP contribution in [0.4, 0.5) is 0 Å². The Morgan fingerprint density at radius 1 is 0.971 bits per heavy atom. The lowest BCUT2D eigenvalue weighted by Crippen LogP contribution is -2.50. The van der Waals surface area contributed by atoms with Crippen molar-refractivity contribution in [2.75, 3.05) is 0 Å². The molecule has 1 fully saturated rings. The number of amides is 2. The molecule has 0 bridgehead atoms. The molecule has 0 heterocycles. The van der Waals surface area contributed by atoms with Gasteiger partial charge in [-0.25, -0.2) is 0 Å². The minimum atomic E-state index is -0.523. The van der Waals surface area contributed by atoms with Crippen molar-refractivity contribution >= 4 is 38.5 Å². The topological polar surface area (TPSA) is 49.4 Å². The summed E-state index contributed by atoms with van der Waals surface area (Å²) in [6.07, 6.45) is 6.63. The van der Waals surface area contributed by atoms with E-state index in [4.69, 9.17) is 0 Å². The molecular weight excluding hydrogens is 488 g/mol. The zero-order valence-electron chi connectivity index (χ0n) is 19.8. The number of hydrogen-bond acceptors (Lipinski definition) is 2. The number of carbonyl (C=O) groups is 2. The van der Waals surface area contributed by atoms with Gasteiger partial charge in [0, 0.05) is 23.5 Å². The largest absolute Gasteiger partial charge is 0.352 e. The summed E-state index contributed by atoms with van der Waals surface area (Å²) >= 11 is 3.47. The summed E-state index contributed by atoms with van der Waals surface area (Å²) in [5.74, 6) is -0.0512. The number of nitrogens with one attached hydrogen (secondary N) is 1. The molecule has 3 aromatic rings. The van der Waals surface area contributed by atoms with Gasteiger partial charge in [-0.15, -0.1) is 0 Å². The molecule has 34 heavy (non-hydrogen) atoms. The van der Waals surface area contributed by atoms with Crippen molar-refractivity contribution in [3.63, 3.8) is 0 Å². The number of benzene rings is 3. The van der Waals surface area contributed by atoms with Crippen LogP contribution in [-0.2, 0) is 22.6 Å². The third kappa shape index (κ3) is 6.26. The van der Waals surface area contributed by atoms with Crippen LogP contribution in [0.5, 0.6) is 0 Å². The quantitative estimate of drug-likeness (QED) is 0.373. The van der Waals surface area contributed by atoms with Crippen molar-refractivity contribution in [3.05, 3.63) is 82.3 Å². The van der Waals surface area contributed by atoms with Crippen molar-refractivity contribution < 1.29 is 9.59 Å². The first kappa shape index (κ1) is 24.5. The number of halogens is 1. The number of fused-ring (bicyclic) bond motifs is 1. The fourth-order valence-electron chi connectivity index (χ4n) is 4.83. The van der Waals surface area contributed by atoms with E-state index in [0.29, 0.717) is 19.4 Å². The lowest BCUT2D eigenvalue weighted by atomic mass is 9.95. The highest BCUT2D eigenvalue weighted by molar-refractivity contribution is 9.10. The van der Waals surface area contributed by atoms with Crippen molar-refractivity contribution in [3.8, 4) is 0 Å². The van der Waals surface area contributed by atoms with Gasteiger partial charge < -0.3 is 10.2 Å². The fraction of sp³-hybridized carbons (Fsp3) is 0.379. The van der Waals surface area contributed by atoms with Crippen molar-refractivity contribution in [2.45, 2.75) is 70.5 Å². The van der Waals surface area contributed by atoms with Gasteiger partial charge in [0.1, 0.15) is 6.04 Å². The monoisotopic (exact) mass is 520 g/mol. The minimum Gasteiger partial charge on any atom is -0.352 e. The molecule has 4 rings (SSSR count). The number of hydrogen-bond donors (Lipinski definition) is 1. The second-order valence-corrected chi connectivity index (χ2v) is 10.2. The summed E-state index contributed by atoms with van der Waals surface area (Å²) in [6, 6.07) is 22.1. The minimum absolute atomic E-state index is 0.00199. The molecule has 1 unspecified atom stereocenters. The smallest absolute Gasteiger partial charge is 0.242 e. The molecule has 1 saturated carbocycles. The Morgan fingerprint density at radius 3 is 2.44 bits per heavy atom. The standard InChI is InChI=1S/C29H33BrN2O2/c1-21(29(34)31-26-11-3-2-4-12-26)32(20-22-14-17-25(30)18-15-22)28(33)19-16-24-10-7-9-23-8-5-6-13-27(23)24/h5-10,13-15,17-18,21,26H,2-4,11-12,16,19-20H2,1H3,(H,31,34). The molecule has 1 aliphatic rings. The van der Waals surface area contributed by atoms with Gasteiger partial charge in [0.25, 0.3) is 0 Å². The molecule has 4 nitrogen and oxygen atoms in total. The van der Waals surface area contributed by atoms with E-state index in [0.717, 1.165) is 41.3 Å². The first-order valence-electron chi connectivity index (χ1n) is 12.3. The highest BCUT2D eigenvalue weighted by Gasteiger charge is 2.28. The Morgan fingerprint density at radius 2 is 1.68 bits per heavy atom. The summed E-state index contributed by atoms with van der Waals surface area (Å²) in [4.78, 5) is 28.4. The van der Waals surface area contributed by atoms with Gasteiger partial charge in [-0.2, -0.15) is 0 Å². The Bertz CT molecular complexity index is 1120. The Balaban J connectivity index is 1.49. The molecule has 3 aromatic carbocycles. The summed E-state index contributed by atoms with van der Waals surface area (Å²) < 4.78 is 0.994. The average molecular weight is 521 g/mol. The normalized spacial score (nSPS) is 15.1. The van der Waals surface area contributed by atoms with Gasteiger partial charge in [0.15, 0.2) is 0 Å². The van der Waals surface area contributed by atoms with Gasteiger partial charge in [0.2, 0.25) is 11.8 Å². The highest BCUT2D eigenvalue weighted by Crippen LogP contribution is 2.22. The van der Waals surface area contributed by atoms with E-state index in [1.54, 1.807) is 4.90 Å². The van der Waals surface area contributed by atoms with E-state index >= 15 is 0 Å². The summed E-state index contributed by atoms with van der Waals surface area (Å²) in [7, 11) is 0. The molecule has 0 saturated heterocycles. The molecule has 1 N–H and O–H groups in total. The zero-order chi connectivity index (χ0) is 23.9. The molecule has 0 aromatic heterocycles. The first-order chi connectivity index (χ1) is 16.5. The van der Waals surface area contributed by atoms with Gasteiger partial charge in [-0.05, 0) is 60.2 Å². The first-order valence-corrected chi connectivity index (χ1v) is 13.1. The van der Waals surface area contributed by atoms with Crippen LogP contribution in [0, 0.1) is 0 Å². The van der Waals surface area contributed by atoms with Gasteiger partial charge >= 0.3 is 0 Å². The molecule has 0 spiro atoms. The van der Waals surface area contributed by atoms with Gasteiger partial charge in [-0.1, -0.05) is 89.8 Å². The van der Waals surface area contributed by atoms with Gasteiger partial charge in [-0.3, -0.25) is 9.59 Å². The van der Waals surface area contributed by atoms with Crippen LogP contribution in [0.2, 0.25) is 0 Å². The lowest BCUT2D eigenvalue weighted by Gasteiger charge is -2.31. The summed E-state index contributed by atoms with van der Waals surface area (Å²) in [5, 5.41) is 5.57. The molecule has 2 amide bonds. The fourth-order valence-corrected chi connectivity index (χ4v) is 5.10. The maximum atomic E-state index is 13.5. The molecule has 5 heteroatoms. The third-order valence-corrected chi connectivity index (χ3v) is 7.40. The van der Waals surface area contributed by atoms with Crippen LogP contribution in [-0.4, -0.2) is 28.8 Å². The molecule has 0 aliphatic heterocycles. The van der Waals surface area contributed by atoms with Crippen LogP contribution in [0.3, 0.4) is 0 Å². The van der Waals surface area contributed by atoms with E-state index in [1.807, 2.05) is 49.4 Å². The highest BCUT2D eigenvalue weighted by atomic mass is 79.9. The molecule has 1 aliphatic carbocycles. The van der Waals surface area contributed by atoms with Crippen LogP contribution in [0.25, 0.3) is 10.8 Å². The second-order valence-electron chi connectivity index (χ2n) is 9.31. The number of carbonyl (C=O) groups excluding carboxylic acids is 2. The molecular formula is C29H33BrN2O2. The lowest BCUT2D eigenvalue weighted by molar-refractivity contribution is -0.141. The summed E-state index contributed by atoms with van der Waals surface area (Å²) in [6.45, 7) is 2.27. The van der Waals surface area contributed by atoms with Crippen LogP contribution < -0.4 is 5.32 Å². The molecule has 1 atom stereocenters. The molecule has 178 valence electrons. The van der Waals surface area contributed by atoms with E-state index in [1.165, 1.54) is 17.2 Å². The Kier molecular flexibility index (Phi) is 8.39. The van der Waals surface area contributed by atoms with Crippen molar-refractivity contribution in [1.82, 2.24) is 10.2 Å². The molecule has 0 radical (unpaired) electrons. The number of nitrogens with zero attached hydrogens (tertiary/aromatic N) is 1. The van der Waals surface area contributed by atoms with Crippen LogP contribution in [0.1, 0.15) is 56.6 Å². The van der Waals surface area contributed by atoms with E-state index in [-0.39, 0.29) is 17.9 Å². The maximum Gasteiger partial charge on any atom is 0.242 e. The van der Waals surface area contributed by atoms with Gasteiger partial charge in [0.05, 0.1) is 0 Å². The SMILES string of the molecule is CC(C(=O)NC1CCCCC1)N(Cc1ccc(Br)cc1)C(=O)CCc1cccc2ccccc12. The third-order valence-electron chi connectivity index (χ3n) is 6.87. The van der Waals surface area contributed by atoms with E-state index in [2.05, 4.69) is 45.5 Å². The predicted octanol–water partition coefficient (Wildman–Crippen LogP) is 6.40. The number of rotatable bonds is 8. The van der Waals surface area contributed by atoms with Crippen molar-refractivity contribution in [1.29, 1.82) is 0 Å². The Hall–Kier alpha value is -2.66. The van der Waals surface area contributed by atoms with Crippen LogP contribution >= 0.6 is 15.9 Å². The van der Waals surface area contributed by atoms with Crippen molar-refractivity contribution in [2.24, 2.45) is 0 Å². The maximum absolute atomic E-state index is 13.5. The zero-order valence-corrected chi connectivity index (χ0v) is 21.4. The average Bonchev–Trinajstić information content (AvgIpc) is 2.87. The van der Waals surface area contributed by atoms with Crippen LogP contribution in [0.15, 0.2) is 71.2 Å².